The maximum Gasteiger partial charge on any atom is 0.387 e. The number of benzene rings is 2. The number of alkyl halides is 4. The van der Waals surface area contributed by atoms with Gasteiger partial charge in [-0.25, -0.2) is 0 Å². The Hall–Kier alpha value is -3.30. The molecule has 0 aliphatic carbocycles. The van der Waals surface area contributed by atoms with E-state index in [9.17, 15) is 27.2 Å². The molecule has 0 bridgehead atoms. The molecule has 0 spiro atoms. The molecule has 0 saturated heterocycles. The van der Waals surface area contributed by atoms with Gasteiger partial charge in [-0.15, -0.1) is 0 Å². The first-order valence-electron chi connectivity index (χ1n) is 8.72. The number of anilines is 2. The summed E-state index contributed by atoms with van der Waals surface area (Å²) in [5.41, 5.74) is 2.02. The van der Waals surface area contributed by atoms with E-state index < -0.39 is 25.0 Å². The normalized spacial score (nSPS) is 10.9. The first-order chi connectivity index (χ1) is 14.0. The molecule has 2 aromatic rings. The second-order valence-electron chi connectivity index (χ2n) is 6.53. The predicted octanol–water partition coefficient (Wildman–Crippen LogP) is 4.70. The van der Waals surface area contributed by atoms with Crippen molar-refractivity contribution in [2.24, 2.45) is 0 Å². The lowest BCUT2D eigenvalue weighted by Crippen LogP contribution is -2.29. The van der Waals surface area contributed by atoms with Crippen molar-refractivity contribution in [1.29, 1.82) is 0 Å². The van der Waals surface area contributed by atoms with Gasteiger partial charge in [0, 0.05) is 11.4 Å². The van der Waals surface area contributed by atoms with Crippen LogP contribution < -0.4 is 20.1 Å². The zero-order valence-corrected chi connectivity index (χ0v) is 16.6. The standard InChI is InChI=1S/C20H20F4N2O4/c1-9-7-15(29-19(21)22)11(3)5-13(9)25-17(27)18(28)26-14-6-12(4)16(8-10(14)2)30-20(23)24/h5-8,19-20H,1-4H3,(H,25,27)(H,26,28). The molecule has 0 aromatic heterocycles. The van der Waals surface area contributed by atoms with E-state index in [0.29, 0.717) is 22.3 Å². The molecule has 0 aliphatic heterocycles. The number of hydrogen-bond donors (Lipinski definition) is 2. The molecule has 10 heteroatoms. The summed E-state index contributed by atoms with van der Waals surface area (Å²) >= 11 is 0. The Morgan fingerprint density at radius 2 is 1.00 bits per heavy atom. The van der Waals surface area contributed by atoms with Gasteiger partial charge < -0.3 is 20.1 Å². The molecule has 0 radical (unpaired) electrons. The summed E-state index contributed by atoms with van der Waals surface area (Å²) in [7, 11) is 0. The molecular formula is C20H20F4N2O4. The maximum atomic E-state index is 12.4. The van der Waals surface area contributed by atoms with E-state index in [2.05, 4.69) is 20.1 Å². The molecule has 2 rings (SSSR count). The molecule has 30 heavy (non-hydrogen) atoms. The average Bonchev–Trinajstić information content (AvgIpc) is 2.62. The highest BCUT2D eigenvalue weighted by Crippen LogP contribution is 2.29. The summed E-state index contributed by atoms with van der Waals surface area (Å²) in [6, 6.07) is 5.46. The molecule has 0 aliphatic rings. The number of nitrogens with one attached hydrogen (secondary N) is 2. The van der Waals surface area contributed by atoms with Crippen LogP contribution in [0.15, 0.2) is 24.3 Å². The Kier molecular flexibility index (Phi) is 7.25. The number of rotatable bonds is 6. The summed E-state index contributed by atoms with van der Waals surface area (Å²) in [6.45, 7) is 0.169. The third-order valence-corrected chi connectivity index (χ3v) is 4.18. The highest BCUT2D eigenvalue weighted by atomic mass is 19.3. The minimum atomic E-state index is -2.99. The summed E-state index contributed by atoms with van der Waals surface area (Å²) in [4.78, 5) is 24.5. The first-order valence-corrected chi connectivity index (χ1v) is 8.72. The number of aryl methyl sites for hydroxylation is 4. The molecular weight excluding hydrogens is 408 g/mol. The maximum absolute atomic E-state index is 12.4. The molecule has 2 N–H and O–H groups in total. The van der Waals surface area contributed by atoms with Crippen LogP contribution in [0.1, 0.15) is 22.3 Å². The molecule has 2 amide bonds. The van der Waals surface area contributed by atoms with E-state index in [1.54, 1.807) is 13.8 Å². The first kappa shape index (κ1) is 23.0. The van der Waals surface area contributed by atoms with Crippen molar-refractivity contribution in [3.63, 3.8) is 0 Å². The molecule has 0 heterocycles. The zero-order chi connectivity index (χ0) is 22.6. The number of halogens is 4. The SMILES string of the molecule is Cc1cc(OC(F)F)c(C)cc1NC(=O)C(=O)Nc1cc(C)c(OC(F)F)cc1C. The van der Waals surface area contributed by atoms with Gasteiger partial charge in [0.15, 0.2) is 0 Å². The van der Waals surface area contributed by atoms with E-state index in [-0.39, 0.29) is 22.9 Å². The van der Waals surface area contributed by atoms with Crippen molar-refractivity contribution in [2.75, 3.05) is 10.6 Å². The van der Waals surface area contributed by atoms with Crippen LogP contribution in [-0.4, -0.2) is 25.0 Å². The van der Waals surface area contributed by atoms with Crippen LogP contribution in [0.4, 0.5) is 28.9 Å². The Morgan fingerprint density at radius 3 is 1.30 bits per heavy atom. The molecule has 2 aromatic carbocycles. The van der Waals surface area contributed by atoms with E-state index in [4.69, 9.17) is 0 Å². The Balaban J connectivity index is 2.13. The van der Waals surface area contributed by atoms with Gasteiger partial charge in [-0.1, -0.05) is 0 Å². The van der Waals surface area contributed by atoms with Gasteiger partial charge in [0.05, 0.1) is 0 Å². The molecule has 6 nitrogen and oxygen atoms in total. The molecule has 0 atom stereocenters. The van der Waals surface area contributed by atoms with Gasteiger partial charge in [0.1, 0.15) is 11.5 Å². The second-order valence-corrected chi connectivity index (χ2v) is 6.53. The fourth-order valence-corrected chi connectivity index (χ4v) is 2.65. The van der Waals surface area contributed by atoms with Gasteiger partial charge in [-0.05, 0) is 74.2 Å². The lowest BCUT2D eigenvalue weighted by molar-refractivity contribution is -0.133. The highest BCUT2D eigenvalue weighted by Gasteiger charge is 2.19. The largest absolute Gasteiger partial charge is 0.435 e. The van der Waals surface area contributed by atoms with Crippen LogP contribution in [0.25, 0.3) is 0 Å². The van der Waals surface area contributed by atoms with Gasteiger partial charge in [0.25, 0.3) is 0 Å². The van der Waals surface area contributed by atoms with Crippen LogP contribution in [0, 0.1) is 27.7 Å². The minimum Gasteiger partial charge on any atom is -0.435 e. The Labute approximate surface area is 170 Å². The van der Waals surface area contributed by atoms with Gasteiger partial charge >= 0.3 is 25.0 Å². The minimum absolute atomic E-state index is 0.0397. The molecule has 162 valence electrons. The predicted molar refractivity (Wildman–Crippen MR) is 102 cm³/mol. The summed E-state index contributed by atoms with van der Waals surface area (Å²) < 4.78 is 58.4. The van der Waals surface area contributed by atoms with E-state index in [1.165, 1.54) is 38.1 Å². The quantitative estimate of drug-likeness (QED) is 0.517. The van der Waals surface area contributed by atoms with Crippen molar-refractivity contribution in [3.8, 4) is 11.5 Å². The lowest BCUT2D eigenvalue weighted by atomic mass is 10.1. The van der Waals surface area contributed by atoms with Crippen LogP contribution >= 0.6 is 0 Å². The third-order valence-electron chi connectivity index (χ3n) is 4.18. The van der Waals surface area contributed by atoms with Gasteiger partial charge in [0.2, 0.25) is 0 Å². The van der Waals surface area contributed by atoms with Crippen LogP contribution in [0.5, 0.6) is 11.5 Å². The second kappa shape index (κ2) is 9.47. The van der Waals surface area contributed by atoms with Gasteiger partial charge in [-0.2, -0.15) is 17.6 Å². The number of carbonyl (C=O) groups is 2. The average molecular weight is 428 g/mol. The number of carbonyl (C=O) groups excluding carboxylic acids is 2. The van der Waals surface area contributed by atoms with Crippen molar-refractivity contribution in [1.82, 2.24) is 0 Å². The number of amides is 2. The third kappa shape index (κ3) is 5.85. The fraction of sp³-hybridized carbons (Fsp3) is 0.300. The van der Waals surface area contributed by atoms with E-state index >= 15 is 0 Å². The smallest absolute Gasteiger partial charge is 0.387 e. The highest BCUT2D eigenvalue weighted by molar-refractivity contribution is 6.43. The Morgan fingerprint density at radius 1 is 0.667 bits per heavy atom. The summed E-state index contributed by atoms with van der Waals surface area (Å²) in [5, 5.41) is 4.81. The zero-order valence-electron chi connectivity index (χ0n) is 16.6. The lowest BCUT2D eigenvalue weighted by Gasteiger charge is -2.15. The van der Waals surface area contributed by atoms with Crippen molar-refractivity contribution in [3.05, 3.63) is 46.5 Å². The van der Waals surface area contributed by atoms with Crippen molar-refractivity contribution < 1.29 is 36.6 Å². The van der Waals surface area contributed by atoms with Gasteiger partial charge in [-0.3, -0.25) is 9.59 Å². The van der Waals surface area contributed by atoms with Crippen molar-refractivity contribution in [2.45, 2.75) is 40.9 Å². The van der Waals surface area contributed by atoms with Crippen LogP contribution in [0.3, 0.4) is 0 Å². The van der Waals surface area contributed by atoms with Crippen molar-refractivity contribution >= 4 is 23.2 Å². The topological polar surface area (TPSA) is 76.7 Å². The summed E-state index contributed by atoms with van der Waals surface area (Å²) in [5.74, 6) is -2.07. The monoisotopic (exact) mass is 428 g/mol. The fourth-order valence-electron chi connectivity index (χ4n) is 2.65. The van der Waals surface area contributed by atoms with Crippen LogP contribution in [0.2, 0.25) is 0 Å². The molecule has 0 fully saturated rings. The van der Waals surface area contributed by atoms with Crippen LogP contribution in [-0.2, 0) is 9.59 Å². The summed E-state index contributed by atoms with van der Waals surface area (Å²) in [6.07, 6.45) is 0. The van der Waals surface area contributed by atoms with E-state index in [1.807, 2.05) is 0 Å². The number of hydrogen-bond acceptors (Lipinski definition) is 4. The van der Waals surface area contributed by atoms with E-state index in [0.717, 1.165) is 0 Å². The molecule has 0 saturated carbocycles. The molecule has 0 unspecified atom stereocenters. The number of ether oxygens (including phenoxy) is 2. The Bertz CT molecular complexity index is 887.